The van der Waals surface area contributed by atoms with E-state index in [-0.39, 0.29) is 67.8 Å². The number of nitrogens with one attached hydrogen (secondary N) is 1. The Morgan fingerprint density at radius 2 is 1.70 bits per heavy atom. The Balaban J connectivity index is 0.972. The minimum absolute atomic E-state index is 0.0286. The number of hydrogen-bond donors (Lipinski definition) is 1. The van der Waals surface area contributed by atoms with Crippen molar-refractivity contribution < 1.29 is 37.0 Å². The second kappa shape index (κ2) is 22.9. The number of likely N-dealkylation sites (N-methyl/N-ethyl adjacent to an activating group) is 1. The normalized spacial score (nSPS) is 13.1. The van der Waals surface area contributed by atoms with Crippen LogP contribution in [0.25, 0.3) is 43.2 Å². The molecule has 0 bridgehead atoms. The smallest absolute Gasteiger partial charge is 0.496 e. The lowest BCUT2D eigenvalue weighted by Crippen LogP contribution is -2.47. The number of aromatic amines is 1. The van der Waals surface area contributed by atoms with Crippen molar-refractivity contribution in [1.82, 2.24) is 34.6 Å². The standard InChI is InChI=1S/C54H51ClFN7O9S/c1-33-45(72-54(67)71-33)31-70-47(65)17-13-36-26-34(8-16-43(36)69-30-40-18-19-57-51(60-40)41-6-4-5-7-44(41)68-3)27-46(64)63(25-24-62-22-20-61(2)21-23-62)29-38-10-9-37(28-42(38)55)48-49-52(66)58-32-59-53(49)73-50(48)35-11-14-39(56)15-12-35/h4-12,14-16,18-19,26,28,32H,13,17,20-25,27,29-31H2,1-3H3,(H,58,59,66). The van der Waals surface area contributed by atoms with Crippen molar-refractivity contribution >= 4 is 45.0 Å². The second-order valence-corrected chi connectivity index (χ2v) is 19.0. The molecule has 1 aliphatic heterocycles. The van der Waals surface area contributed by atoms with E-state index in [1.54, 1.807) is 50.6 Å². The molecule has 1 amide bonds. The molecule has 0 aliphatic carbocycles. The van der Waals surface area contributed by atoms with Crippen molar-refractivity contribution in [2.75, 3.05) is 53.4 Å². The van der Waals surface area contributed by atoms with Gasteiger partial charge in [0.25, 0.3) is 5.56 Å². The van der Waals surface area contributed by atoms with Gasteiger partial charge in [-0.2, -0.15) is 0 Å². The highest BCUT2D eigenvalue weighted by Crippen LogP contribution is 2.43. The molecule has 4 aromatic carbocycles. The summed E-state index contributed by atoms with van der Waals surface area (Å²) in [6.07, 6.45) is 3.18. The number of aryl methyl sites for hydroxylation is 2. The molecule has 4 aromatic heterocycles. The number of H-pyrrole nitrogens is 1. The molecule has 1 fully saturated rings. The number of hydrogen-bond acceptors (Lipinski definition) is 15. The molecule has 9 rings (SSSR count). The van der Waals surface area contributed by atoms with Gasteiger partial charge in [-0.25, -0.2) is 24.1 Å². The van der Waals surface area contributed by atoms with Gasteiger partial charge in [-0.1, -0.05) is 60.1 Å². The first-order chi connectivity index (χ1) is 35.4. The molecule has 0 spiro atoms. The van der Waals surface area contributed by atoms with Gasteiger partial charge in [0.15, 0.2) is 24.0 Å². The lowest BCUT2D eigenvalue weighted by Gasteiger charge is -2.34. The van der Waals surface area contributed by atoms with E-state index in [4.69, 9.17) is 39.6 Å². The molecule has 16 nitrogen and oxygen atoms in total. The van der Waals surface area contributed by atoms with E-state index < -0.39 is 11.8 Å². The van der Waals surface area contributed by atoms with Gasteiger partial charge in [0.05, 0.1) is 36.5 Å². The quantitative estimate of drug-likeness (QED) is 0.0760. The zero-order valence-corrected chi connectivity index (χ0v) is 41.9. The number of esters is 1. The number of piperazine rings is 1. The van der Waals surface area contributed by atoms with Crippen molar-refractivity contribution in [2.45, 2.75) is 45.9 Å². The number of rotatable bonds is 19. The molecule has 1 N–H and O–H groups in total. The number of nitrogens with zero attached hydrogens (tertiary/aromatic N) is 6. The van der Waals surface area contributed by atoms with Crippen LogP contribution in [-0.2, 0) is 46.9 Å². The zero-order valence-electron chi connectivity index (χ0n) is 40.3. The summed E-state index contributed by atoms with van der Waals surface area (Å²) in [6, 6.07) is 26.3. The Morgan fingerprint density at radius 3 is 2.47 bits per heavy atom. The SMILES string of the molecule is COc1ccccc1-c1nccc(COc2ccc(CC(=O)N(CCN3CCN(C)CC3)Cc3ccc(-c4c(-c5ccc(F)cc5)sc5nc[nH]c(=O)c45)cc3Cl)cc2CCC(=O)OCc2oc(=O)oc2C)n1. The van der Waals surface area contributed by atoms with Crippen LogP contribution in [0, 0.1) is 12.7 Å². The summed E-state index contributed by atoms with van der Waals surface area (Å²) in [7, 11) is 3.68. The summed E-state index contributed by atoms with van der Waals surface area (Å²) in [5, 5.41) is 0.804. The minimum atomic E-state index is -0.882. The minimum Gasteiger partial charge on any atom is -0.496 e. The number of ether oxygens (including phenoxy) is 3. The molecule has 19 heteroatoms. The number of methoxy groups -OCH3 is 1. The first-order valence-corrected chi connectivity index (χ1v) is 24.8. The third-order valence-electron chi connectivity index (χ3n) is 12.7. The summed E-state index contributed by atoms with van der Waals surface area (Å²) in [5.74, 6) is -0.0312. The van der Waals surface area contributed by atoms with Crippen LogP contribution in [-0.4, -0.2) is 99.9 Å². The Morgan fingerprint density at radius 1 is 0.904 bits per heavy atom. The molecule has 0 atom stereocenters. The number of para-hydroxylation sites is 1. The molecule has 1 aliphatic rings. The van der Waals surface area contributed by atoms with Gasteiger partial charge in [0, 0.05) is 73.9 Å². The van der Waals surface area contributed by atoms with E-state index in [0.29, 0.717) is 79.2 Å². The van der Waals surface area contributed by atoms with Crippen LogP contribution in [0.5, 0.6) is 11.5 Å². The molecule has 8 aromatic rings. The first kappa shape index (κ1) is 50.4. The van der Waals surface area contributed by atoms with E-state index in [1.807, 2.05) is 53.4 Å². The Labute approximate surface area is 428 Å². The van der Waals surface area contributed by atoms with Crippen LogP contribution in [0.15, 0.2) is 122 Å². The predicted octanol–water partition coefficient (Wildman–Crippen LogP) is 8.51. The van der Waals surface area contributed by atoms with Crippen LogP contribution in [0.3, 0.4) is 0 Å². The maximum absolute atomic E-state index is 14.7. The zero-order chi connectivity index (χ0) is 51.0. The van der Waals surface area contributed by atoms with Crippen molar-refractivity contribution in [3.8, 4) is 44.5 Å². The van der Waals surface area contributed by atoms with E-state index >= 15 is 0 Å². The van der Waals surface area contributed by atoms with Crippen molar-refractivity contribution in [1.29, 1.82) is 0 Å². The van der Waals surface area contributed by atoms with Gasteiger partial charge in [0.2, 0.25) is 5.91 Å². The van der Waals surface area contributed by atoms with Crippen LogP contribution >= 0.6 is 22.9 Å². The Bertz CT molecular complexity index is 3390. The summed E-state index contributed by atoms with van der Waals surface area (Å²) >= 11 is 8.47. The number of aromatic nitrogens is 4. The summed E-state index contributed by atoms with van der Waals surface area (Å²) < 4.78 is 41.3. The monoisotopic (exact) mass is 1030 g/mol. The molecular weight excluding hydrogens is 977 g/mol. The largest absolute Gasteiger partial charge is 0.519 e. The molecule has 0 radical (unpaired) electrons. The highest BCUT2D eigenvalue weighted by Gasteiger charge is 2.24. The molecule has 5 heterocycles. The van der Waals surface area contributed by atoms with Crippen LogP contribution in [0.2, 0.25) is 5.02 Å². The summed E-state index contributed by atoms with van der Waals surface area (Å²) in [5.41, 5.74) is 5.10. The Kier molecular flexibility index (Phi) is 15.8. The van der Waals surface area contributed by atoms with E-state index in [2.05, 4.69) is 31.8 Å². The number of halogens is 2. The highest BCUT2D eigenvalue weighted by atomic mass is 35.5. The fraction of sp³-hybridized carbons (Fsp3) is 0.278. The molecule has 0 unspecified atom stereocenters. The number of thiophene rings is 1. The second-order valence-electron chi connectivity index (χ2n) is 17.6. The van der Waals surface area contributed by atoms with Crippen molar-refractivity contribution in [2.24, 2.45) is 0 Å². The van der Waals surface area contributed by atoms with E-state index in [9.17, 15) is 23.6 Å². The number of fused-ring (bicyclic) bond motifs is 1. The van der Waals surface area contributed by atoms with E-state index in [0.717, 1.165) is 42.2 Å². The van der Waals surface area contributed by atoms with Crippen molar-refractivity contribution in [3.63, 3.8) is 0 Å². The molecule has 73 heavy (non-hydrogen) atoms. The fourth-order valence-electron chi connectivity index (χ4n) is 8.60. The molecule has 376 valence electrons. The van der Waals surface area contributed by atoms with Gasteiger partial charge in [-0.05, 0) is 90.7 Å². The highest BCUT2D eigenvalue weighted by molar-refractivity contribution is 7.22. The summed E-state index contributed by atoms with van der Waals surface area (Å²) in [4.78, 5) is 76.6. The van der Waals surface area contributed by atoms with Gasteiger partial charge in [-0.15, -0.1) is 11.3 Å². The van der Waals surface area contributed by atoms with Gasteiger partial charge in [0.1, 0.15) is 28.8 Å². The molecular formula is C54H51ClFN7O9S. The molecule has 0 saturated carbocycles. The van der Waals surface area contributed by atoms with Crippen molar-refractivity contribution in [3.05, 3.63) is 169 Å². The number of amides is 1. The number of carbonyl (C=O) groups is 2. The summed E-state index contributed by atoms with van der Waals surface area (Å²) in [6.45, 7) is 6.20. The van der Waals surface area contributed by atoms with Gasteiger partial charge < -0.3 is 37.8 Å². The topological polar surface area (TPSA) is 186 Å². The number of carbonyl (C=O) groups excluding carboxylic acids is 2. The van der Waals surface area contributed by atoms with Gasteiger partial charge >= 0.3 is 11.8 Å². The van der Waals surface area contributed by atoms with Crippen LogP contribution in [0.1, 0.15) is 40.3 Å². The lowest BCUT2D eigenvalue weighted by molar-refractivity contribution is -0.145. The Hall–Kier alpha value is -7.51. The number of benzene rings is 4. The van der Waals surface area contributed by atoms with Gasteiger partial charge in [-0.3, -0.25) is 19.3 Å². The third-order valence-corrected chi connectivity index (χ3v) is 14.2. The maximum Gasteiger partial charge on any atom is 0.519 e. The first-order valence-electron chi connectivity index (χ1n) is 23.6. The van der Waals surface area contributed by atoms with Crippen LogP contribution in [0.4, 0.5) is 4.39 Å². The van der Waals surface area contributed by atoms with Crippen LogP contribution < -0.4 is 20.9 Å². The third kappa shape index (κ3) is 12.2. The van der Waals surface area contributed by atoms with E-state index in [1.165, 1.54) is 29.8 Å². The molecule has 1 saturated heterocycles. The average molecular weight is 1030 g/mol. The fourth-order valence-corrected chi connectivity index (χ4v) is 10.0. The average Bonchev–Trinajstić information content (AvgIpc) is 3.95. The predicted molar refractivity (Wildman–Crippen MR) is 274 cm³/mol. The maximum atomic E-state index is 14.7. The lowest BCUT2D eigenvalue weighted by atomic mass is 9.98.